The highest BCUT2D eigenvalue weighted by Crippen LogP contribution is 2.47. The maximum absolute atomic E-state index is 13.6. The van der Waals surface area contributed by atoms with Crippen LogP contribution in [0, 0.1) is 5.82 Å². The van der Waals surface area contributed by atoms with E-state index in [4.69, 9.17) is 4.55 Å². The van der Waals surface area contributed by atoms with Crippen LogP contribution in [0.2, 0.25) is 0 Å². The third-order valence-electron chi connectivity index (χ3n) is 3.23. The summed E-state index contributed by atoms with van der Waals surface area (Å²) >= 11 is 0. The summed E-state index contributed by atoms with van der Waals surface area (Å²) in [5.74, 6) is -6.90. The number of halogens is 7. The number of rotatable bonds is 5. The van der Waals surface area contributed by atoms with Crippen LogP contribution in [0.4, 0.5) is 30.7 Å². The second-order valence-corrected chi connectivity index (χ2v) is 6.56. The van der Waals surface area contributed by atoms with E-state index < -0.39 is 51.2 Å². The molecule has 1 N–H and O–H groups in total. The molecule has 0 spiro atoms. The van der Waals surface area contributed by atoms with Crippen molar-refractivity contribution in [3.63, 3.8) is 0 Å². The van der Waals surface area contributed by atoms with Gasteiger partial charge in [-0.05, 0) is 12.1 Å². The molecule has 0 aliphatic rings. The Labute approximate surface area is 143 Å². The Morgan fingerprint density at radius 2 is 1.62 bits per heavy atom. The highest BCUT2D eigenvalue weighted by Gasteiger charge is 2.76. The third kappa shape index (κ3) is 4.66. The Hall–Kier alpha value is -1.83. The molecule has 0 aromatic heterocycles. The van der Waals surface area contributed by atoms with Crippen LogP contribution in [0.1, 0.15) is 15.9 Å². The van der Waals surface area contributed by atoms with Gasteiger partial charge in [-0.3, -0.25) is 4.55 Å². The Morgan fingerprint density at radius 1 is 1.12 bits per heavy atom. The summed E-state index contributed by atoms with van der Waals surface area (Å²) in [7, 11) is -4.40. The molecular weight excluding hydrogens is 400 g/mol. The summed E-state index contributed by atoms with van der Waals surface area (Å²) in [5, 5.41) is 0. The smallest absolute Gasteiger partial charge is 0.434 e. The van der Waals surface area contributed by atoms with Gasteiger partial charge in [0, 0.05) is 0 Å². The van der Waals surface area contributed by atoms with Crippen LogP contribution in [0.25, 0.3) is 0 Å². The molecule has 1 rings (SSSR count). The molecule has 0 unspecified atom stereocenters. The van der Waals surface area contributed by atoms with Gasteiger partial charge in [0.1, 0.15) is 19.4 Å². The first-order valence-corrected chi connectivity index (χ1v) is 8.25. The van der Waals surface area contributed by atoms with Gasteiger partial charge in [-0.25, -0.2) is 9.18 Å². The molecule has 146 valence electrons. The first kappa shape index (κ1) is 22.2. The second-order valence-electron chi connectivity index (χ2n) is 5.11. The van der Waals surface area contributed by atoms with Crippen LogP contribution >= 0.6 is 0 Å². The minimum absolute atomic E-state index is 0.162. The van der Waals surface area contributed by atoms with Crippen molar-refractivity contribution in [3.05, 3.63) is 35.1 Å². The Bertz CT molecular complexity index is 774. The standard InChI is InChI=1S/C12H10BF7O5S/c13-4-6-1-2-8(14)7(3-6)9(21)25-10(11(15,16)17,12(18,19)20)5-26(22,23)24/h1-3H,4-5,13H2,(H,22,23,24). The Balaban J connectivity index is 3.53. The summed E-state index contributed by atoms with van der Waals surface area (Å²) in [6.45, 7) is 0. The normalized spacial score (nSPS) is 13.5. The van der Waals surface area contributed by atoms with Gasteiger partial charge in [0.05, 0.1) is 5.56 Å². The second kappa shape index (κ2) is 7.06. The lowest BCUT2D eigenvalue weighted by Crippen LogP contribution is -2.63. The highest BCUT2D eigenvalue weighted by molar-refractivity contribution is 7.85. The summed E-state index contributed by atoms with van der Waals surface area (Å²) in [6.07, 6.45) is -12.8. The van der Waals surface area contributed by atoms with Crippen LogP contribution in [0.5, 0.6) is 0 Å². The number of benzene rings is 1. The monoisotopic (exact) mass is 410 g/mol. The number of carbonyl (C=O) groups is 1. The van der Waals surface area contributed by atoms with E-state index in [1.807, 2.05) is 0 Å². The predicted octanol–water partition coefficient (Wildman–Crippen LogP) is 1.87. The van der Waals surface area contributed by atoms with Crippen LogP contribution in [0.3, 0.4) is 0 Å². The van der Waals surface area contributed by atoms with Crippen LogP contribution in [0.15, 0.2) is 18.2 Å². The maximum Gasteiger partial charge on any atom is 0.438 e. The fourth-order valence-corrected chi connectivity index (χ4v) is 2.79. The maximum atomic E-state index is 13.6. The molecule has 0 amide bonds. The summed E-state index contributed by atoms with van der Waals surface area (Å²) < 4.78 is 125. The van der Waals surface area contributed by atoms with Crippen molar-refractivity contribution in [1.29, 1.82) is 0 Å². The number of carbonyl (C=O) groups excluding carboxylic acids is 1. The van der Waals surface area contributed by atoms with Crippen molar-refractivity contribution >= 4 is 23.9 Å². The molecule has 0 radical (unpaired) electrons. The fourth-order valence-electron chi connectivity index (χ4n) is 1.89. The van der Waals surface area contributed by atoms with E-state index in [-0.39, 0.29) is 11.9 Å². The van der Waals surface area contributed by atoms with Gasteiger partial charge in [0.25, 0.3) is 10.1 Å². The molecular formula is C12H10BF7O5S. The zero-order chi connectivity index (χ0) is 20.6. The van der Waals surface area contributed by atoms with Crippen LogP contribution in [-0.4, -0.2) is 50.5 Å². The molecule has 0 bridgehead atoms. The fraction of sp³-hybridized carbons (Fsp3) is 0.417. The number of hydrogen-bond donors (Lipinski definition) is 1. The van der Waals surface area contributed by atoms with Crippen LogP contribution in [-0.2, 0) is 21.2 Å². The summed E-state index contributed by atoms with van der Waals surface area (Å²) in [6, 6.07) is 2.43. The van der Waals surface area contributed by atoms with Crippen LogP contribution < -0.4 is 0 Å². The van der Waals surface area contributed by atoms with E-state index in [1.165, 1.54) is 7.85 Å². The van der Waals surface area contributed by atoms with E-state index in [0.717, 1.165) is 6.07 Å². The van der Waals surface area contributed by atoms with Gasteiger partial charge in [-0.1, -0.05) is 17.9 Å². The minimum Gasteiger partial charge on any atom is -0.434 e. The lowest BCUT2D eigenvalue weighted by Gasteiger charge is -2.35. The molecule has 0 saturated heterocycles. The van der Waals surface area contributed by atoms with Gasteiger partial charge in [-0.2, -0.15) is 34.8 Å². The largest absolute Gasteiger partial charge is 0.438 e. The molecule has 1 aromatic rings. The van der Waals surface area contributed by atoms with E-state index >= 15 is 0 Å². The molecule has 0 heterocycles. The SMILES string of the molecule is BCc1ccc(F)c(C(=O)OC(CS(=O)(=O)O)(C(F)(F)F)C(F)(F)F)c1. The third-order valence-corrected chi connectivity index (χ3v) is 4.00. The van der Waals surface area contributed by atoms with Gasteiger partial charge < -0.3 is 4.74 Å². The molecule has 14 heteroatoms. The quantitative estimate of drug-likeness (QED) is 0.347. The number of esters is 1. The molecule has 0 fully saturated rings. The van der Waals surface area contributed by atoms with E-state index in [2.05, 4.69) is 4.74 Å². The molecule has 26 heavy (non-hydrogen) atoms. The zero-order valence-electron chi connectivity index (χ0n) is 12.8. The highest BCUT2D eigenvalue weighted by atomic mass is 32.2. The van der Waals surface area contributed by atoms with Crippen molar-refractivity contribution in [2.24, 2.45) is 0 Å². The molecule has 0 aliphatic heterocycles. The number of hydrogen-bond acceptors (Lipinski definition) is 4. The lowest BCUT2D eigenvalue weighted by molar-refractivity contribution is -0.356. The Morgan fingerprint density at radius 3 is 2.00 bits per heavy atom. The summed E-state index contributed by atoms with van der Waals surface area (Å²) in [5.41, 5.74) is -6.64. The summed E-state index contributed by atoms with van der Waals surface area (Å²) in [4.78, 5) is 11.8. The van der Waals surface area contributed by atoms with Crippen molar-refractivity contribution < 1.29 is 53.2 Å². The number of ether oxygens (including phenoxy) is 1. The first-order valence-electron chi connectivity index (χ1n) is 6.64. The average Bonchev–Trinajstić information content (AvgIpc) is 2.43. The molecule has 0 aliphatic carbocycles. The van der Waals surface area contributed by atoms with E-state index in [0.29, 0.717) is 12.1 Å². The lowest BCUT2D eigenvalue weighted by atomic mass is 9.95. The van der Waals surface area contributed by atoms with Crippen molar-refractivity contribution in [2.75, 3.05) is 5.75 Å². The van der Waals surface area contributed by atoms with Gasteiger partial charge in [-0.15, -0.1) is 0 Å². The number of alkyl halides is 6. The van der Waals surface area contributed by atoms with Crippen molar-refractivity contribution in [3.8, 4) is 0 Å². The van der Waals surface area contributed by atoms with Gasteiger partial charge >= 0.3 is 23.9 Å². The van der Waals surface area contributed by atoms with Gasteiger partial charge in [0.2, 0.25) is 0 Å². The van der Waals surface area contributed by atoms with E-state index in [9.17, 15) is 43.9 Å². The Kier molecular flexibility index (Phi) is 6.03. The van der Waals surface area contributed by atoms with Crippen molar-refractivity contribution in [2.45, 2.75) is 24.3 Å². The zero-order valence-corrected chi connectivity index (χ0v) is 13.6. The molecule has 1 aromatic carbocycles. The topological polar surface area (TPSA) is 80.7 Å². The average molecular weight is 410 g/mol. The first-order chi connectivity index (χ1) is 11.5. The van der Waals surface area contributed by atoms with Gasteiger partial charge in [0.15, 0.2) is 0 Å². The van der Waals surface area contributed by atoms with Crippen molar-refractivity contribution in [1.82, 2.24) is 0 Å². The van der Waals surface area contributed by atoms with E-state index in [1.54, 1.807) is 0 Å². The molecule has 5 nitrogen and oxygen atoms in total. The molecule has 0 saturated carbocycles. The predicted molar refractivity (Wildman–Crippen MR) is 75.3 cm³/mol. The molecule has 0 atom stereocenters. The minimum atomic E-state index is -6.48.